The van der Waals surface area contributed by atoms with Gasteiger partial charge in [-0.3, -0.25) is 14.6 Å². The summed E-state index contributed by atoms with van der Waals surface area (Å²) < 4.78 is 4.85. The number of likely N-dealkylation sites (N-methyl/N-ethyl adjacent to an activating group) is 1. The van der Waals surface area contributed by atoms with Crippen molar-refractivity contribution in [2.24, 2.45) is 10.9 Å². The molecule has 0 N–H and O–H groups in total. The van der Waals surface area contributed by atoms with E-state index >= 15 is 0 Å². The molecule has 0 spiro atoms. The molecular formula is C13H18N2O3S. The highest BCUT2D eigenvalue weighted by Crippen LogP contribution is 2.42. The summed E-state index contributed by atoms with van der Waals surface area (Å²) in [4.78, 5) is 29.8. The van der Waals surface area contributed by atoms with E-state index in [1.807, 2.05) is 5.41 Å². The number of ether oxygens (including phenoxy) is 1. The molecule has 104 valence electrons. The van der Waals surface area contributed by atoms with E-state index in [2.05, 4.69) is 4.99 Å². The highest BCUT2D eigenvalue weighted by molar-refractivity contribution is 8.03. The normalized spacial score (nSPS) is 25.4. The summed E-state index contributed by atoms with van der Waals surface area (Å²) in [6.07, 6.45) is 1.43. The Morgan fingerprint density at radius 1 is 1.53 bits per heavy atom. The van der Waals surface area contributed by atoms with Gasteiger partial charge in [0.25, 0.3) is 0 Å². The topological polar surface area (TPSA) is 59.0 Å². The molecule has 2 aliphatic rings. The summed E-state index contributed by atoms with van der Waals surface area (Å²) in [5.41, 5.74) is 1.42. The lowest BCUT2D eigenvalue weighted by Gasteiger charge is -2.25. The Morgan fingerprint density at radius 3 is 2.89 bits per heavy atom. The fourth-order valence-electron chi connectivity index (χ4n) is 2.30. The molecule has 2 rings (SSSR count). The van der Waals surface area contributed by atoms with Gasteiger partial charge in [0.15, 0.2) is 0 Å². The van der Waals surface area contributed by atoms with E-state index in [1.165, 1.54) is 18.9 Å². The third-order valence-corrected chi connectivity index (χ3v) is 4.41. The molecule has 0 radical (unpaired) electrons. The molecule has 0 aliphatic carbocycles. The molecule has 0 aromatic carbocycles. The summed E-state index contributed by atoms with van der Waals surface area (Å²) in [6, 6.07) is 0. The second-order valence-electron chi connectivity index (χ2n) is 4.88. The van der Waals surface area contributed by atoms with Gasteiger partial charge in [-0.1, -0.05) is 0 Å². The van der Waals surface area contributed by atoms with Crippen molar-refractivity contribution >= 4 is 29.2 Å². The second kappa shape index (κ2) is 5.88. The van der Waals surface area contributed by atoms with Crippen LogP contribution in [0.3, 0.4) is 0 Å². The predicted molar refractivity (Wildman–Crippen MR) is 75.2 cm³/mol. The first-order valence-corrected chi connectivity index (χ1v) is 7.15. The summed E-state index contributed by atoms with van der Waals surface area (Å²) in [6.45, 7) is 0.0812. The van der Waals surface area contributed by atoms with Crippen molar-refractivity contribution in [2.75, 3.05) is 27.8 Å². The van der Waals surface area contributed by atoms with Crippen LogP contribution in [0.2, 0.25) is 0 Å². The van der Waals surface area contributed by atoms with Gasteiger partial charge in [-0.15, -0.1) is 11.8 Å². The minimum atomic E-state index is -0.0473. The van der Waals surface area contributed by atoms with Crippen molar-refractivity contribution in [3.05, 3.63) is 11.0 Å². The third kappa shape index (κ3) is 2.90. The molecule has 0 bridgehead atoms. The van der Waals surface area contributed by atoms with Gasteiger partial charge in [-0.05, 0) is 18.2 Å². The zero-order chi connectivity index (χ0) is 14.0. The monoisotopic (exact) mass is 282 g/mol. The standard InChI is InChI=1S/C13H18N2O3S/c1-15(2)13(17)9-7-19-12-8(9)4-5-10(14-12)11(16)6-18-3/h7-8,12H,4-6H2,1-3H3. The molecule has 0 saturated heterocycles. The first kappa shape index (κ1) is 14.3. The molecular weight excluding hydrogens is 264 g/mol. The van der Waals surface area contributed by atoms with Crippen LogP contribution < -0.4 is 0 Å². The van der Waals surface area contributed by atoms with Crippen LogP contribution in [-0.4, -0.2) is 55.5 Å². The number of aliphatic imine (C=N–C) groups is 1. The Labute approximate surface area is 117 Å². The highest BCUT2D eigenvalue weighted by atomic mass is 32.2. The average Bonchev–Trinajstić information content (AvgIpc) is 2.80. The fraction of sp³-hybridized carbons (Fsp3) is 0.615. The lowest BCUT2D eigenvalue weighted by Crippen LogP contribution is -2.33. The molecule has 6 heteroatoms. The highest BCUT2D eigenvalue weighted by Gasteiger charge is 2.38. The van der Waals surface area contributed by atoms with Gasteiger partial charge < -0.3 is 9.64 Å². The number of hydrogen-bond acceptors (Lipinski definition) is 5. The van der Waals surface area contributed by atoms with E-state index in [0.717, 1.165) is 12.0 Å². The van der Waals surface area contributed by atoms with Gasteiger partial charge in [0.05, 0.1) is 5.71 Å². The largest absolute Gasteiger partial charge is 0.376 e. The summed E-state index contributed by atoms with van der Waals surface area (Å²) in [5, 5.41) is 1.87. The smallest absolute Gasteiger partial charge is 0.250 e. The lowest BCUT2D eigenvalue weighted by atomic mass is 9.90. The van der Waals surface area contributed by atoms with Gasteiger partial charge in [0.2, 0.25) is 11.7 Å². The van der Waals surface area contributed by atoms with E-state index in [4.69, 9.17) is 4.74 Å². The molecule has 19 heavy (non-hydrogen) atoms. The molecule has 5 nitrogen and oxygen atoms in total. The lowest BCUT2D eigenvalue weighted by molar-refractivity contribution is -0.125. The van der Waals surface area contributed by atoms with E-state index < -0.39 is 0 Å². The van der Waals surface area contributed by atoms with Crippen LogP contribution in [0.1, 0.15) is 12.8 Å². The van der Waals surface area contributed by atoms with Crippen molar-refractivity contribution in [1.82, 2.24) is 4.90 Å². The van der Waals surface area contributed by atoms with E-state index in [9.17, 15) is 9.59 Å². The number of amides is 1. The molecule has 2 unspecified atom stereocenters. The molecule has 2 atom stereocenters. The number of rotatable bonds is 4. The van der Waals surface area contributed by atoms with Crippen molar-refractivity contribution in [3.8, 4) is 0 Å². The first-order chi connectivity index (χ1) is 9.04. The quantitative estimate of drug-likeness (QED) is 0.774. The van der Waals surface area contributed by atoms with Crippen LogP contribution in [0.5, 0.6) is 0 Å². The zero-order valence-corrected chi connectivity index (χ0v) is 12.2. The maximum atomic E-state index is 12.0. The maximum Gasteiger partial charge on any atom is 0.250 e. The minimum absolute atomic E-state index is 0.0246. The SMILES string of the molecule is COCC(=O)C1=NC2SC=C(C(=O)N(C)C)C2CC1. The van der Waals surface area contributed by atoms with Crippen molar-refractivity contribution < 1.29 is 14.3 Å². The maximum absolute atomic E-state index is 12.0. The Balaban J connectivity index is 2.09. The molecule has 0 fully saturated rings. The number of carbonyl (C=O) groups is 2. The van der Waals surface area contributed by atoms with Crippen LogP contribution >= 0.6 is 11.8 Å². The molecule has 0 aromatic rings. The van der Waals surface area contributed by atoms with Crippen molar-refractivity contribution in [3.63, 3.8) is 0 Å². The molecule has 0 saturated carbocycles. The molecule has 2 aliphatic heterocycles. The van der Waals surface area contributed by atoms with Gasteiger partial charge in [0.1, 0.15) is 12.0 Å². The van der Waals surface area contributed by atoms with Crippen molar-refractivity contribution in [2.45, 2.75) is 18.2 Å². The zero-order valence-electron chi connectivity index (χ0n) is 11.4. The van der Waals surface area contributed by atoms with Crippen LogP contribution in [0.25, 0.3) is 0 Å². The molecule has 1 amide bonds. The number of fused-ring (bicyclic) bond motifs is 1. The van der Waals surface area contributed by atoms with Gasteiger partial charge in [-0.2, -0.15) is 0 Å². The van der Waals surface area contributed by atoms with Crippen LogP contribution in [0, 0.1) is 5.92 Å². The summed E-state index contributed by atoms with van der Waals surface area (Å²) >= 11 is 1.53. The minimum Gasteiger partial charge on any atom is -0.376 e. The number of ketones is 1. The number of Topliss-reactive ketones (excluding diaryl/α,β-unsaturated/α-hetero) is 1. The van der Waals surface area contributed by atoms with Gasteiger partial charge in [0, 0.05) is 32.7 Å². The summed E-state index contributed by atoms with van der Waals surface area (Å²) in [5.74, 6) is 0.134. The predicted octanol–water partition coefficient (Wildman–Crippen LogP) is 1.10. The third-order valence-electron chi connectivity index (χ3n) is 3.30. The van der Waals surface area contributed by atoms with Gasteiger partial charge >= 0.3 is 0 Å². The number of thioether (sulfide) groups is 1. The van der Waals surface area contributed by atoms with E-state index in [1.54, 1.807) is 19.0 Å². The Bertz CT molecular complexity index is 457. The number of nitrogens with zero attached hydrogens (tertiary/aromatic N) is 2. The first-order valence-electron chi connectivity index (χ1n) is 6.20. The Morgan fingerprint density at radius 2 is 2.26 bits per heavy atom. The van der Waals surface area contributed by atoms with Crippen molar-refractivity contribution in [1.29, 1.82) is 0 Å². The number of carbonyl (C=O) groups excluding carboxylic acids is 2. The fourth-order valence-corrected chi connectivity index (χ4v) is 3.52. The van der Waals surface area contributed by atoms with E-state index in [-0.39, 0.29) is 29.6 Å². The average molecular weight is 282 g/mol. The molecule has 0 aromatic heterocycles. The Hall–Kier alpha value is -1.14. The van der Waals surface area contributed by atoms with Crippen LogP contribution in [0.15, 0.2) is 16.0 Å². The van der Waals surface area contributed by atoms with Crippen LogP contribution in [-0.2, 0) is 14.3 Å². The second-order valence-corrected chi connectivity index (χ2v) is 5.87. The van der Waals surface area contributed by atoms with E-state index in [0.29, 0.717) is 12.1 Å². The number of methoxy groups -OCH3 is 1. The van der Waals surface area contributed by atoms with Crippen LogP contribution in [0.4, 0.5) is 0 Å². The number of hydrogen-bond donors (Lipinski definition) is 0. The summed E-state index contributed by atoms with van der Waals surface area (Å²) in [7, 11) is 5.01. The van der Waals surface area contributed by atoms with Gasteiger partial charge in [-0.25, -0.2) is 0 Å². The molecule has 2 heterocycles. The Kier molecular flexibility index (Phi) is 4.42.